The number of hydrogen-bond acceptors (Lipinski definition) is 4. The fourth-order valence-electron chi connectivity index (χ4n) is 1.82. The van der Waals surface area contributed by atoms with E-state index in [0.29, 0.717) is 6.10 Å². The van der Waals surface area contributed by atoms with Crippen molar-refractivity contribution < 1.29 is 9.47 Å². The Hall–Kier alpha value is -0.160. The quantitative estimate of drug-likeness (QED) is 0.622. The maximum atomic E-state index is 5.49. The molecule has 1 atom stereocenters. The topological polar surface area (TPSA) is 33.7 Å². The number of nitrogens with one attached hydrogen (secondary N) is 1. The van der Waals surface area contributed by atoms with Gasteiger partial charge in [0.25, 0.3) is 0 Å². The zero-order valence-electron chi connectivity index (χ0n) is 10.00. The van der Waals surface area contributed by atoms with Gasteiger partial charge in [-0.2, -0.15) is 0 Å². The predicted molar refractivity (Wildman–Crippen MR) is 61.2 cm³/mol. The summed E-state index contributed by atoms with van der Waals surface area (Å²) in [7, 11) is 1.73. The molecule has 0 aromatic rings. The number of ether oxygens (including phenoxy) is 2. The third-order valence-electron chi connectivity index (χ3n) is 2.64. The van der Waals surface area contributed by atoms with Crippen LogP contribution in [-0.4, -0.2) is 64.1 Å². The highest BCUT2D eigenvalue weighted by Crippen LogP contribution is 2.04. The molecular formula is C11H24N2O2. The minimum atomic E-state index is 0.403. The van der Waals surface area contributed by atoms with Crippen molar-refractivity contribution in [2.75, 3.05) is 53.0 Å². The van der Waals surface area contributed by atoms with Gasteiger partial charge in [0.2, 0.25) is 0 Å². The largest absolute Gasteiger partial charge is 0.383 e. The fourth-order valence-corrected chi connectivity index (χ4v) is 1.82. The Bertz CT molecular complexity index is 156. The highest BCUT2D eigenvalue weighted by atomic mass is 16.5. The molecule has 1 saturated heterocycles. The molecule has 4 heteroatoms. The van der Waals surface area contributed by atoms with Crippen LogP contribution in [0, 0.1) is 0 Å². The van der Waals surface area contributed by atoms with Gasteiger partial charge in [0.15, 0.2) is 0 Å². The molecule has 15 heavy (non-hydrogen) atoms. The lowest BCUT2D eigenvalue weighted by Crippen LogP contribution is -2.42. The van der Waals surface area contributed by atoms with Gasteiger partial charge in [-0.05, 0) is 26.4 Å². The second-order valence-electron chi connectivity index (χ2n) is 4.08. The van der Waals surface area contributed by atoms with Crippen molar-refractivity contribution >= 4 is 0 Å². The summed E-state index contributed by atoms with van der Waals surface area (Å²) >= 11 is 0. The van der Waals surface area contributed by atoms with Gasteiger partial charge in [0.05, 0.1) is 19.3 Å². The summed E-state index contributed by atoms with van der Waals surface area (Å²) in [5.74, 6) is 0. The first-order chi connectivity index (χ1) is 7.33. The molecule has 0 aliphatic carbocycles. The fraction of sp³-hybridized carbons (Fsp3) is 1.00. The van der Waals surface area contributed by atoms with E-state index in [1.54, 1.807) is 7.11 Å². The molecule has 0 saturated carbocycles. The van der Waals surface area contributed by atoms with Gasteiger partial charge < -0.3 is 14.8 Å². The van der Waals surface area contributed by atoms with Crippen molar-refractivity contribution in [2.45, 2.75) is 19.4 Å². The van der Waals surface area contributed by atoms with E-state index < -0.39 is 0 Å². The lowest BCUT2D eigenvalue weighted by molar-refractivity contribution is -0.0184. The summed E-state index contributed by atoms with van der Waals surface area (Å²) in [5.41, 5.74) is 0. The van der Waals surface area contributed by atoms with Crippen LogP contribution in [0.25, 0.3) is 0 Å². The number of morpholine rings is 1. The first-order valence-corrected chi connectivity index (χ1v) is 5.86. The molecule has 0 spiro atoms. The molecule has 0 bridgehead atoms. The highest BCUT2D eigenvalue weighted by molar-refractivity contribution is 4.67. The molecule has 0 radical (unpaired) electrons. The van der Waals surface area contributed by atoms with E-state index in [1.165, 1.54) is 13.0 Å². The standard InChI is InChI=1S/C11H24N2O2/c1-11-10-13(7-9-15-11)6-3-4-12-5-8-14-2/h11-12H,3-10H2,1-2H3. The van der Waals surface area contributed by atoms with E-state index >= 15 is 0 Å². The second kappa shape index (κ2) is 8.05. The van der Waals surface area contributed by atoms with E-state index in [9.17, 15) is 0 Å². The Balaban J connectivity index is 1.90. The smallest absolute Gasteiger partial charge is 0.0674 e. The lowest BCUT2D eigenvalue weighted by Gasteiger charge is -2.30. The summed E-state index contributed by atoms with van der Waals surface area (Å²) in [5, 5.41) is 3.35. The van der Waals surface area contributed by atoms with Gasteiger partial charge in [0.1, 0.15) is 0 Å². The molecule has 1 rings (SSSR count). The number of rotatable bonds is 7. The van der Waals surface area contributed by atoms with Gasteiger partial charge in [-0.15, -0.1) is 0 Å². The molecule has 1 aliphatic heterocycles. The third kappa shape index (κ3) is 6.10. The zero-order valence-corrected chi connectivity index (χ0v) is 10.00. The molecule has 1 heterocycles. The number of nitrogens with zero attached hydrogens (tertiary/aromatic N) is 1. The molecule has 1 fully saturated rings. The minimum Gasteiger partial charge on any atom is -0.383 e. The van der Waals surface area contributed by atoms with Crippen LogP contribution < -0.4 is 5.32 Å². The maximum absolute atomic E-state index is 5.49. The van der Waals surface area contributed by atoms with Crippen molar-refractivity contribution in [3.8, 4) is 0 Å². The molecule has 4 nitrogen and oxygen atoms in total. The van der Waals surface area contributed by atoms with Crippen molar-refractivity contribution in [3.63, 3.8) is 0 Å². The summed E-state index contributed by atoms with van der Waals surface area (Å²) in [6, 6.07) is 0. The normalized spacial score (nSPS) is 23.2. The van der Waals surface area contributed by atoms with Crippen LogP contribution in [0.5, 0.6) is 0 Å². The molecule has 1 aliphatic rings. The van der Waals surface area contributed by atoms with Crippen molar-refractivity contribution in [3.05, 3.63) is 0 Å². The molecule has 1 N–H and O–H groups in total. The second-order valence-corrected chi connectivity index (χ2v) is 4.08. The Morgan fingerprint density at radius 1 is 1.47 bits per heavy atom. The highest BCUT2D eigenvalue weighted by Gasteiger charge is 2.15. The van der Waals surface area contributed by atoms with Crippen LogP contribution in [0.15, 0.2) is 0 Å². The van der Waals surface area contributed by atoms with Crippen LogP contribution in [0.2, 0.25) is 0 Å². The Kier molecular flexibility index (Phi) is 6.92. The molecule has 0 aromatic heterocycles. The van der Waals surface area contributed by atoms with Gasteiger partial charge in [-0.25, -0.2) is 0 Å². The van der Waals surface area contributed by atoms with E-state index in [-0.39, 0.29) is 0 Å². The van der Waals surface area contributed by atoms with Crippen LogP contribution in [0.4, 0.5) is 0 Å². The van der Waals surface area contributed by atoms with Crippen molar-refractivity contribution in [1.82, 2.24) is 10.2 Å². The van der Waals surface area contributed by atoms with E-state index in [0.717, 1.165) is 39.4 Å². The van der Waals surface area contributed by atoms with Crippen LogP contribution in [-0.2, 0) is 9.47 Å². The van der Waals surface area contributed by atoms with Gasteiger partial charge in [0, 0.05) is 26.7 Å². The van der Waals surface area contributed by atoms with E-state index in [2.05, 4.69) is 17.1 Å². The van der Waals surface area contributed by atoms with Crippen LogP contribution >= 0.6 is 0 Å². The first kappa shape index (κ1) is 12.9. The zero-order chi connectivity index (χ0) is 10.9. The summed E-state index contributed by atoms with van der Waals surface area (Å²) in [4.78, 5) is 2.48. The minimum absolute atomic E-state index is 0.403. The first-order valence-electron chi connectivity index (χ1n) is 5.86. The average Bonchev–Trinajstić information content (AvgIpc) is 2.23. The van der Waals surface area contributed by atoms with Crippen molar-refractivity contribution in [2.24, 2.45) is 0 Å². The number of hydrogen-bond donors (Lipinski definition) is 1. The monoisotopic (exact) mass is 216 g/mol. The SMILES string of the molecule is COCCNCCCN1CCOC(C)C1. The molecule has 0 aromatic carbocycles. The summed E-state index contributed by atoms with van der Waals surface area (Å²) in [6.45, 7) is 9.20. The van der Waals surface area contributed by atoms with Crippen molar-refractivity contribution in [1.29, 1.82) is 0 Å². The summed E-state index contributed by atoms with van der Waals surface area (Å²) < 4.78 is 10.5. The maximum Gasteiger partial charge on any atom is 0.0674 e. The molecule has 0 amide bonds. The Morgan fingerprint density at radius 2 is 2.33 bits per heavy atom. The van der Waals surface area contributed by atoms with E-state index in [1.807, 2.05) is 0 Å². The van der Waals surface area contributed by atoms with Crippen LogP contribution in [0.3, 0.4) is 0 Å². The third-order valence-corrected chi connectivity index (χ3v) is 2.64. The van der Waals surface area contributed by atoms with Gasteiger partial charge in [-0.1, -0.05) is 0 Å². The average molecular weight is 216 g/mol. The van der Waals surface area contributed by atoms with Gasteiger partial charge >= 0.3 is 0 Å². The molecule has 1 unspecified atom stereocenters. The number of methoxy groups -OCH3 is 1. The lowest BCUT2D eigenvalue weighted by atomic mass is 10.3. The molecule has 90 valence electrons. The Morgan fingerprint density at radius 3 is 3.07 bits per heavy atom. The van der Waals surface area contributed by atoms with Gasteiger partial charge in [-0.3, -0.25) is 4.90 Å². The molecular weight excluding hydrogens is 192 g/mol. The Labute approximate surface area is 92.9 Å². The predicted octanol–water partition coefficient (Wildman–Crippen LogP) is 0.333. The summed E-state index contributed by atoms with van der Waals surface area (Å²) in [6.07, 6.45) is 1.61. The van der Waals surface area contributed by atoms with Crippen LogP contribution in [0.1, 0.15) is 13.3 Å². The van der Waals surface area contributed by atoms with E-state index in [4.69, 9.17) is 9.47 Å².